The number of para-hydroxylation sites is 2. The van der Waals surface area contributed by atoms with Crippen molar-refractivity contribution in [3.05, 3.63) is 188 Å². The molecule has 0 atom stereocenters. The van der Waals surface area contributed by atoms with E-state index in [2.05, 4.69) is 193 Å². The smallest absolute Gasteiger partial charge is 0.143 e. The second kappa shape index (κ2) is 11.2. The molecule has 0 bridgehead atoms. The zero-order valence-corrected chi connectivity index (χ0v) is 29.3. The molecular weight excluding hydrogens is 655 g/mol. The molecule has 54 heavy (non-hydrogen) atoms. The summed E-state index contributed by atoms with van der Waals surface area (Å²) < 4.78 is 9.24. The summed E-state index contributed by atoms with van der Waals surface area (Å²) in [5, 5.41) is 14.6. The van der Waals surface area contributed by atoms with Crippen LogP contribution in [0.3, 0.4) is 0 Å². The third kappa shape index (κ3) is 4.05. The molecule has 0 aliphatic heterocycles. The third-order valence-electron chi connectivity index (χ3n) is 11.5. The minimum absolute atomic E-state index is 0.904. The Labute approximate surface area is 310 Å². The summed E-state index contributed by atoms with van der Waals surface area (Å²) in [5.41, 5.74) is 10.3. The Kier molecular flexibility index (Phi) is 6.09. The number of hydrogen-bond acceptors (Lipinski definition) is 1. The zero-order chi connectivity index (χ0) is 35.3. The average molecular weight is 686 g/mol. The maximum Gasteiger partial charge on any atom is 0.143 e. The van der Waals surface area contributed by atoms with Crippen molar-refractivity contribution in [2.75, 3.05) is 0 Å². The summed E-state index contributed by atoms with van der Waals surface area (Å²) in [7, 11) is 0. The van der Waals surface area contributed by atoms with Crippen molar-refractivity contribution in [1.29, 1.82) is 0 Å². The predicted octanol–water partition coefficient (Wildman–Crippen LogP) is 14.6. The van der Waals surface area contributed by atoms with Crippen molar-refractivity contribution >= 4 is 86.8 Å². The van der Waals surface area contributed by atoms with Crippen molar-refractivity contribution in [3.63, 3.8) is 0 Å². The third-order valence-corrected chi connectivity index (χ3v) is 11.5. The molecule has 0 N–H and O–H groups in total. The van der Waals surface area contributed by atoms with E-state index in [0.29, 0.717) is 0 Å². The van der Waals surface area contributed by atoms with Crippen molar-refractivity contribution in [2.45, 2.75) is 0 Å². The standard InChI is InChI=1S/C52H31NO/c1-2-14-34(15-3-1)53-46-25-13-12-18-37(46)45-30-32(27-29-47(45)53)49-39-20-7-9-22-41(39)50(42-23-10-8-21-40(42)49)33-26-28-44-48(31-33)54-52-43-24-11-5-17-36(43)35-16-4-6-19-38(35)51(44)52/h1-31H. The first-order valence-corrected chi connectivity index (χ1v) is 18.6. The van der Waals surface area contributed by atoms with Gasteiger partial charge in [-0.1, -0.05) is 146 Å². The predicted molar refractivity (Wildman–Crippen MR) is 229 cm³/mol. The van der Waals surface area contributed by atoms with E-state index in [0.717, 1.165) is 27.5 Å². The van der Waals surface area contributed by atoms with Crippen LogP contribution in [-0.4, -0.2) is 4.57 Å². The summed E-state index contributed by atoms with van der Waals surface area (Å²) in [6, 6.07) is 68.4. The number of furan rings is 1. The number of benzene rings is 10. The molecule has 12 rings (SSSR count). The average Bonchev–Trinajstić information content (AvgIpc) is 3.79. The first-order chi connectivity index (χ1) is 26.8. The maximum atomic E-state index is 6.86. The van der Waals surface area contributed by atoms with Crippen LogP contribution in [0.1, 0.15) is 0 Å². The van der Waals surface area contributed by atoms with Gasteiger partial charge in [0.2, 0.25) is 0 Å². The molecule has 2 heterocycles. The van der Waals surface area contributed by atoms with Crippen molar-refractivity contribution in [1.82, 2.24) is 4.57 Å². The van der Waals surface area contributed by atoms with Crippen LogP contribution in [0.25, 0.3) is 115 Å². The number of fused-ring (bicyclic) bond motifs is 13. The molecule has 0 aliphatic rings. The van der Waals surface area contributed by atoms with Gasteiger partial charge in [-0.2, -0.15) is 0 Å². The van der Waals surface area contributed by atoms with Gasteiger partial charge in [-0.05, 0) is 102 Å². The second-order valence-corrected chi connectivity index (χ2v) is 14.4. The lowest BCUT2D eigenvalue weighted by Gasteiger charge is -2.18. The highest BCUT2D eigenvalue weighted by Crippen LogP contribution is 2.47. The molecule has 250 valence electrons. The Morgan fingerprint density at radius 3 is 1.46 bits per heavy atom. The SMILES string of the molecule is c1ccc(-n2c3ccccc3c3cc(-c4c5ccccc5c(-c5ccc6c(c5)oc5c7ccccc7c7ccccc7c65)c5ccccc45)ccc32)cc1. The monoisotopic (exact) mass is 685 g/mol. The van der Waals surface area contributed by atoms with Gasteiger partial charge < -0.3 is 8.98 Å². The lowest BCUT2D eigenvalue weighted by atomic mass is 9.85. The van der Waals surface area contributed by atoms with Gasteiger partial charge >= 0.3 is 0 Å². The van der Waals surface area contributed by atoms with Crippen LogP contribution in [0.4, 0.5) is 0 Å². The number of nitrogens with zero attached hydrogens (tertiary/aromatic N) is 1. The van der Waals surface area contributed by atoms with Crippen molar-refractivity contribution < 1.29 is 4.42 Å². The Bertz CT molecular complexity index is 3440. The van der Waals surface area contributed by atoms with Crippen LogP contribution < -0.4 is 0 Å². The summed E-state index contributed by atoms with van der Waals surface area (Å²) in [6.45, 7) is 0. The van der Waals surface area contributed by atoms with Gasteiger partial charge in [-0.3, -0.25) is 0 Å². The van der Waals surface area contributed by atoms with Crippen LogP contribution in [0.2, 0.25) is 0 Å². The van der Waals surface area contributed by atoms with Gasteiger partial charge in [-0.25, -0.2) is 0 Å². The zero-order valence-electron chi connectivity index (χ0n) is 29.3. The fourth-order valence-electron chi connectivity index (χ4n) is 9.30. The van der Waals surface area contributed by atoms with E-state index in [4.69, 9.17) is 4.42 Å². The molecule has 10 aromatic carbocycles. The largest absolute Gasteiger partial charge is 0.455 e. The highest BCUT2D eigenvalue weighted by atomic mass is 16.3. The molecule has 12 aromatic rings. The molecule has 0 spiro atoms. The molecular formula is C52H31NO. The number of hydrogen-bond donors (Lipinski definition) is 0. The minimum atomic E-state index is 0.904. The Morgan fingerprint density at radius 1 is 0.315 bits per heavy atom. The first-order valence-electron chi connectivity index (χ1n) is 18.6. The molecule has 0 unspecified atom stereocenters. The van der Waals surface area contributed by atoms with E-state index in [1.54, 1.807) is 0 Å². The highest BCUT2D eigenvalue weighted by Gasteiger charge is 2.21. The van der Waals surface area contributed by atoms with Gasteiger partial charge in [0.15, 0.2) is 0 Å². The van der Waals surface area contributed by atoms with Gasteiger partial charge in [-0.15, -0.1) is 0 Å². The molecule has 2 heteroatoms. The van der Waals surface area contributed by atoms with Crippen LogP contribution in [0, 0.1) is 0 Å². The van der Waals surface area contributed by atoms with Gasteiger partial charge in [0.05, 0.1) is 11.0 Å². The van der Waals surface area contributed by atoms with Gasteiger partial charge in [0.1, 0.15) is 11.2 Å². The van der Waals surface area contributed by atoms with Crippen LogP contribution >= 0.6 is 0 Å². The second-order valence-electron chi connectivity index (χ2n) is 14.4. The summed E-state index contributed by atoms with van der Waals surface area (Å²) >= 11 is 0. The quantitative estimate of drug-likeness (QED) is 0.134. The fourth-order valence-corrected chi connectivity index (χ4v) is 9.30. The molecule has 0 amide bonds. The molecule has 0 radical (unpaired) electrons. The van der Waals surface area contributed by atoms with E-state index >= 15 is 0 Å². The van der Waals surface area contributed by atoms with Gasteiger partial charge in [0, 0.05) is 32.6 Å². The van der Waals surface area contributed by atoms with Crippen LogP contribution in [0.15, 0.2) is 192 Å². The Balaban J connectivity index is 1.12. The number of aromatic nitrogens is 1. The molecule has 0 fully saturated rings. The maximum absolute atomic E-state index is 6.86. The molecule has 2 nitrogen and oxygen atoms in total. The molecule has 0 saturated heterocycles. The van der Waals surface area contributed by atoms with Crippen LogP contribution in [0.5, 0.6) is 0 Å². The summed E-state index contributed by atoms with van der Waals surface area (Å²) in [6.07, 6.45) is 0. The topological polar surface area (TPSA) is 18.1 Å². The Hall–Kier alpha value is -7.16. The van der Waals surface area contributed by atoms with E-state index in [9.17, 15) is 0 Å². The summed E-state index contributed by atoms with van der Waals surface area (Å²) in [4.78, 5) is 0. The number of rotatable bonds is 3. The molecule has 0 aliphatic carbocycles. The molecule has 0 saturated carbocycles. The lowest BCUT2D eigenvalue weighted by molar-refractivity contribution is 0.673. The fraction of sp³-hybridized carbons (Fsp3) is 0. The van der Waals surface area contributed by atoms with Crippen molar-refractivity contribution in [2.24, 2.45) is 0 Å². The van der Waals surface area contributed by atoms with E-state index < -0.39 is 0 Å². The normalized spacial score (nSPS) is 12.1. The summed E-state index contributed by atoms with van der Waals surface area (Å²) in [5.74, 6) is 0. The Morgan fingerprint density at radius 2 is 0.796 bits per heavy atom. The van der Waals surface area contributed by atoms with Crippen LogP contribution in [-0.2, 0) is 0 Å². The van der Waals surface area contributed by atoms with Crippen molar-refractivity contribution in [3.8, 4) is 27.9 Å². The van der Waals surface area contributed by atoms with E-state index in [1.807, 2.05) is 0 Å². The minimum Gasteiger partial charge on any atom is -0.455 e. The lowest BCUT2D eigenvalue weighted by Crippen LogP contribution is -1.93. The first kappa shape index (κ1) is 29.4. The van der Waals surface area contributed by atoms with E-state index in [1.165, 1.54) is 87.3 Å². The highest BCUT2D eigenvalue weighted by molar-refractivity contribution is 6.30. The van der Waals surface area contributed by atoms with Gasteiger partial charge in [0.25, 0.3) is 0 Å². The molecule has 2 aromatic heterocycles. The van der Waals surface area contributed by atoms with E-state index in [-0.39, 0.29) is 0 Å².